The summed E-state index contributed by atoms with van der Waals surface area (Å²) in [5.74, 6) is 1.68. The monoisotopic (exact) mass is 1440 g/mol. The standard InChI is InChI=1S/C40H33F6O2P.C19H19BrO2.C18H18O2.C2H5Br.CH4/c1-4-6-28-10-22-37(47)35(24-28)36-25-29(7-5-2)11-23-38(36)48-26-49(32-16-8-27(3)9-17-32,33-18-12-30(13-19-33)39(41,42)43)34-20-14-31(15-21-34)40(44,45)46;1-3-5-14-7-9-18(21)16(11-14)17-12-15(6-4-2)8-10-19(17)22-13-20;1-3-5-13-7-9-17(19)15(11-13)16-12-14(6-4-2)8-10-18(16)20;1-2-3;/h4-5,8-25H,1-2,6-7,26H2,3H3;3-4,7-12,21H,1-2,5-6,13H2;3-4,7-12,19-20H,1-2,5-6H2;2H2,1H3;1H4/p+1. The summed E-state index contributed by atoms with van der Waals surface area (Å²) in [4.78, 5) is 0. The van der Waals surface area contributed by atoms with Crippen LogP contribution in [0.1, 0.15) is 64.4 Å². The molecule has 0 unspecified atom stereocenters. The summed E-state index contributed by atoms with van der Waals surface area (Å²) >= 11 is 6.43. The van der Waals surface area contributed by atoms with Crippen LogP contribution in [-0.2, 0) is 50.9 Å². The Morgan fingerprint density at radius 2 is 0.621 bits per heavy atom. The predicted molar refractivity (Wildman–Crippen MR) is 392 cm³/mol. The summed E-state index contributed by atoms with van der Waals surface area (Å²) < 4.78 is 94.4. The first-order valence-corrected chi connectivity index (χ1v) is 34.1. The van der Waals surface area contributed by atoms with Gasteiger partial charge in [-0.2, -0.15) is 26.3 Å². The molecule has 0 saturated carbocycles. The average Bonchev–Trinajstić information content (AvgIpc) is 0.750. The third-order valence-electron chi connectivity index (χ3n) is 14.9. The van der Waals surface area contributed by atoms with Gasteiger partial charge in [-0.05, 0) is 228 Å². The van der Waals surface area contributed by atoms with Crippen molar-refractivity contribution in [2.45, 2.75) is 72.2 Å². The molecule has 9 aromatic carbocycles. The predicted octanol–water partition coefficient (Wildman–Crippen LogP) is 21.7. The lowest BCUT2D eigenvalue weighted by molar-refractivity contribution is -0.138. The Hall–Kier alpha value is -8.81. The van der Waals surface area contributed by atoms with Crippen LogP contribution in [0, 0.1) is 6.92 Å². The topological polar surface area (TPSA) is 99.4 Å². The molecule has 4 N–H and O–H groups in total. The first kappa shape index (κ1) is 76.9. The zero-order valence-electron chi connectivity index (χ0n) is 52.5. The number of aromatic hydroxyl groups is 4. The van der Waals surface area contributed by atoms with E-state index in [4.69, 9.17) is 9.47 Å². The van der Waals surface area contributed by atoms with E-state index >= 15 is 0 Å². The molecule has 6 nitrogen and oxygen atoms in total. The summed E-state index contributed by atoms with van der Waals surface area (Å²) in [5.41, 5.74) is 9.73. The lowest BCUT2D eigenvalue weighted by Gasteiger charge is -2.28. The maximum Gasteiger partial charge on any atom is 0.416 e. The van der Waals surface area contributed by atoms with E-state index in [2.05, 4.69) is 71.3 Å². The summed E-state index contributed by atoms with van der Waals surface area (Å²) in [5, 5.41) is 44.1. The summed E-state index contributed by atoms with van der Waals surface area (Å²) in [6.45, 7) is 26.5. The van der Waals surface area contributed by atoms with Gasteiger partial charge in [0.05, 0.1) is 11.1 Å². The van der Waals surface area contributed by atoms with Gasteiger partial charge in [0, 0.05) is 38.7 Å². The van der Waals surface area contributed by atoms with Crippen molar-refractivity contribution in [2.75, 3.05) is 17.2 Å². The van der Waals surface area contributed by atoms with Gasteiger partial charge in [0.15, 0.2) is 7.26 Å². The largest absolute Gasteiger partial charge is 0.507 e. The minimum Gasteiger partial charge on any atom is -0.507 e. The zero-order chi connectivity index (χ0) is 68.6. The molecule has 15 heteroatoms. The van der Waals surface area contributed by atoms with Crippen molar-refractivity contribution in [3.05, 3.63) is 308 Å². The van der Waals surface area contributed by atoms with Crippen LogP contribution in [0.15, 0.2) is 258 Å². The Kier molecular flexibility index (Phi) is 29.7. The van der Waals surface area contributed by atoms with Crippen LogP contribution in [-0.4, -0.2) is 37.6 Å². The number of halogens is 8. The van der Waals surface area contributed by atoms with E-state index in [1.54, 1.807) is 48.6 Å². The van der Waals surface area contributed by atoms with Crippen LogP contribution in [0.25, 0.3) is 33.4 Å². The third-order valence-corrected chi connectivity index (χ3v) is 19.1. The quantitative estimate of drug-likeness (QED) is 0.0220. The molecule has 0 aliphatic carbocycles. The highest BCUT2D eigenvalue weighted by Gasteiger charge is 2.48. The fraction of sp³-hybridized carbons (Fsp3) is 0.175. The van der Waals surface area contributed by atoms with Crippen LogP contribution in [0.2, 0.25) is 0 Å². The van der Waals surface area contributed by atoms with Crippen LogP contribution in [0.3, 0.4) is 0 Å². The van der Waals surface area contributed by atoms with Crippen molar-refractivity contribution in [2.24, 2.45) is 0 Å². The molecule has 0 radical (unpaired) electrons. The molecule has 9 rings (SSSR count). The normalized spacial score (nSPS) is 10.9. The van der Waals surface area contributed by atoms with Gasteiger partial charge in [0.2, 0.25) is 6.35 Å². The number of ether oxygens (including phenoxy) is 2. The Bertz CT molecular complexity index is 3920. The number of phenolic OH excluding ortho intramolecular Hbond substituents is 4. The van der Waals surface area contributed by atoms with E-state index in [0.717, 1.165) is 111 Å². The summed E-state index contributed by atoms with van der Waals surface area (Å²) in [6.07, 6.45) is 5.62. The minimum atomic E-state index is -4.58. The number of rotatable bonds is 23. The van der Waals surface area contributed by atoms with Crippen molar-refractivity contribution in [3.8, 4) is 67.9 Å². The molecule has 0 fully saturated rings. The Morgan fingerprint density at radius 3 is 0.884 bits per heavy atom. The zero-order valence-corrected chi connectivity index (χ0v) is 56.5. The number of hydrogen-bond donors (Lipinski definition) is 4. The number of allylic oxidation sites excluding steroid dienone is 6. The van der Waals surface area contributed by atoms with Gasteiger partial charge < -0.3 is 29.9 Å². The lowest BCUT2D eigenvalue weighted by atomic mass is 9.97. The molecule has 0 aliphatic heterocycles. The molecule has 0 spiro atoms. The molecule has 95 heavy (non-hydrogen) atoms. The number of alkyl halides is 8. The Morgan fingerprint density at radius 1 is 0.379 bits per heavy atom. The van der Waals surface area contributed by atoms with Crippen molar-refractivity contribution < 1.29 is 56.2 Å². The van der Waals surface area contributed by atoms with Gasteiger partial charge in [-0.1, -0.05) is 121 Å². The van der Waals surface area contributed by atoms with Gasteiger partial charge in [0.25, 0.3) is 0 Å². The molecule has 0 amide bonds. The maximum atomic E-state index is 13.7. The first-order valence-electron chi connectivity index (χ1n) is 29.9. The molecule has 0 saturated heterocycles. The van der Waals surface area contributed by atoms with Crippen LogP contribution in [0.5, 0.6) is 34.5 Å². The number of aryl methyl sites for hydroxylation is 1. The van der Waals surface area contributed by atoms with Crippen molar-refractivity contribution in [3.63, 3.8) is 0 Å². The van der Waals surface area contributed by atoms with Gasteiger partial charge in [-0.3, -0.25) is 0 Å². The molecule has 0 heterocycles. The highest BCUT2D eigenvalue weighted by atomic mass is 79.9. The van der Waals surface area contributed by atoms with E-state index in [1.807, 2.05) is 135 Å². The van der Waals surface area contributed by atoms with Crippen molar-refractivity contribution in [1.29, 1.82) is 0 Å². The fourth-order valence-corrected chi connectivity index (χ4v) is 14.2. The fourth-order valence-electron chi connectivity index (χ4n) is 10.3. The number of hydrogen-bond acceptors (Lipinski definition) is 6. The molecule has 0 aromatic heterocycles. The summed E-state index contributed by atoms with van der Waals surface area (Å²) in [6, 6.07) is 49.9. The number of benzene rings is 9. The highest BCUT2D eigenvalue weighted by Crippen LogP contribution is 2.56. The van der Waals surface area contributed by atoms with Crippen molar-refractivity contribution >= 4 is 55.0 Å². The molecule has 0 aliphatic rings. The summed E-state index contributed by atoms with van der Waals surface area (Å²) in [7, 11) is -3.10. The van der Waals surface area contributed by atoms with Crippen LogP contribution in [0.4, 0.5) is 26.3 Å². The van der Waals surface area contributed by atoms with E-state index in [9.17, 15) is 46.8 Å². The third kappa shape index (κ3) is 20.8. The molecule has 496 valence electrons. The number of phenols is 4. The highest BCUT2D eigenvalue weighted by molar-refractivity contribution is 9.09. The molecular formula is C80H80Br2F6O6P+. The van der Waals surface area contributed by atoms with E-state index in [0.29, 0.717) is 62.3 Å². The molecule has 9 aromatic rings. The first-order chi connectivity index (χ1) is 45.0. The second-order valence-electron chi connectivity index (χ2n) is 21.6. The van der Waals surface area contributed by atoms with E-state index in [-0.39, 0.29) is 36.8 Å². The maximum absolute atomic E-state index is 13.7. The van der Waals surface area contributed by atoms with E-state index < -0.39 is 30.7 Å². The van der Waals surface area contributed by atoms with Gasteiger partial charge >= 0.3 is 12.4 Å². The smallest absolute Gasteiger partial charge is 0.416 e. The van der Waals surface area contributed by atoms with E-state index in [1.165, 1.54) is 24.3 Å². The van der Waals surface area contributed by atoms with Crippen molar-refractivity contribution in [1.82, 2.24) is 0 Å². The molecule has 0 bridgehead atoms. The molecular weight excluding hydrogens is 1360 g/mol. The Labute approximate surface area is 572 Å². The molecule has 0 atom stereocenters. The van der Waals surface area contributed by atoms with Gasteiger partial charge in [0.1, 0.15) is 55.9 Å². The lowest BCUT2D eigenvalue weighted by Crippen LogP contribution is -2.35. The second kappa shape index (κ2) is 36.7. The van der Waals surface area contributed by atoms with Gasteiger partial charge in [-0.15, -0.1) is 39.5 Å². The minimum absolute atomic E-state index is 0. The van der Waals surface area contributed by atoms with Crippen LogP contribution < -0.4 is 25.4 Å². The SMILES string of the molecule is C.C=CCc1ccc(O)c(-c2cc(CC=C)ccc2O)c1.C=CCc1ccc(O)c(-c2cc(CC=C)ccc2OCBr)c1.C=CCc1ccc(O)c(-c2cc(CC=C)ccc2OC[P+](c2ccc(C)cc2)(c2ccc(C(F)(F)F)cc2)c2ccc(C(F)(F)F)cc2)c1.CCBr. The van der Waals surface area contributed by atoms with Crippen LogP contribution >= 0.6 is 39.1 Å². The average molecular weight is 1440 g/mol. The second-order valence-corrected chi connectivity index (χ2v) is 26.6. The van der Waals surface area contributed by atoms with Gasteiger partial charge in [-0.25, -0.2) is 0 Å². The Balaban J connectivity index is 0.000000292.